The summed E-state index contributed by atoms with van der Waals surface area (Å²) in [5.74, 6) is -6.82. The largest absolute Gasteiger partial charge is 0.505 e. The summed E-state index contributed by atoms with van der Waals surface area (Å²) in [6.07, 6.45) is 3.05. The van der Waals surface area contributed by atoms with E-state index in [1.165, 1.54) is 31.9 Å². The molecule has 54 heavy (non-hydrogen) atoms. The number of aromatic hydroxyl groups is 1. The molecule has 2 aromatic heterocycles. The summed E-state index contributed by atoms with van der Waals surface area (Å²) < 4.78 is 17.7. The molecule has 2 saturated heterocycles. The molecule has 2 aliphatic heterocycles. The molecule has 0 radical (unpaired) electrons. The number of anilines is 2. The molecule has 0 unspecified atom stereocenters. The Labute approximate surface area is 319 Å². The maximum Gasteiger partial charge on any atom is 0.242 e. The molecule has 274 valence electrons. The molecule has 5 aromatic rings. The molecule has 2 aliphatic carbocycles. The van der Waals surface area contributed by atoms with Crippen LogP contribution in [0, 0.1) is 41.8 Å². The van der Waals surface area contributed by atoms with Crippen molar-refractivity contribution < 1.29 is 28.7 Å². The zero-order chi connectivity index (χ0) is 38.0. The second-order valence-electron chi connectivity index (χ2n) is 15.1. The van der Waals surface area contributed by atoms with Crippen molar-refractivity contribution in [1.82, 2.24) is 9.78 Å². The van der Waals surface area contributed by atoms with Gasteiger partial charge in [-0.2, -0.15) is 5.10 Å². The Hall–Kier alpha value is -5.13. The number of nitrogens with zero attached hydrogens (tertiary/aromatic N) is 4. The standard InChI is InChI=1S/C42H36ClFN4O5S/c1-5-21-9-12-23(13-10-21)47-38(50)25-15-14-24-28(34(25)40(47)52)18-29-39(51)48(41(53)42(29,3)35(24)26-7-6-8-30(44)36(26)49)33-19-31(45-46(33)4)37-20(2)27-17-22(43)11-16-32(27)54-37/h6-14,16-17,19,25,28-29,34-35,49H,5,15,18H2,1-4H3/t25-,28+,29-,34-,35+,42+/m0/s1. The van der Waals surface area contributed by atoms with E-state index < -0.39 is 58.4 Å². The number of aromatic nitrogens is 2. The third-order valence-electron chi connectivity index (χ3n) is 12.4. The van der Waals surface area contributed by atoms with Gasteiger partial charge < -0.3 is 5.11 Å². The van der Waals surface area contributed by atoms with Crippen LogP contribution in [0.5, 0.6) is 5.75 Å². The van der Waals surface area contributed by atoms with Gasteiger partial charge in [-0.05, 0) is 91.9 Å². The molecule has 9 rings (SSSR count). The van der Waals surface area contributed by atoms with Gasteiger partial charge in [0.2, 0.25) is 23.6 Å². The fourth-order valence-electron chi connectivity index (χ4n) is 9.69. The summed E-state index contributed by atoms with van der Waals surface area (Å²) in [6, 6.07) is 18.9. The second kappa shape index (κ2) is 12.2. The number of benzene rings is 3. The number of hydrogen-bond acceptors (Lipinski definition) is 7. The number of fused-ring (bicyclic) bond motifs is 5. The Bertz CT molecular complexity index is 2510. The smallest absolute Gasteiger partial charge is 0.242 e. The Kier molecular flexibility index (Phi) is 7.82. The van der Waals surface area contributed by atoms with E-state index in [9.17, 15) is 19.5 Å². The van der Waals surface area contributed by atoms with Gasteiger partial charge in [0.25, 0.3) is 0 Å². The van der Waals surface area contributed by atoms with E-state index in [-0.39, 0.29) is 36.0 Å². The Balaban J connectivity index is 1.15. The van der Waals surface area contributed by atoms with Crippen LogP contribution in [0.25, 0.3) is 20.7 Å². The van der Waals surface area contributed by atoms with E-state index in [1.54, 1.807) is 38.2 Å². The van der Waals surface area contributed by atoms with Gasteiger partial charge in [0.15, 0.2) is 11.6 Å². The van der Waals surface area contributed by atoms with Gasteiger partial charge >= 0.3 is 0 Å². The maximum atomic E-state index is 15.2. The van der Waals surface area contributed by atoms with E-state index in [1.807, 2.05) is 50.3 Å². The van der Waals surface area contributed by atoms with Crippen LogP contribution in [-0.2, 0) is 32.6 Å². The number of phenolic OH excluding ortho intramolecular Hbond substituents is 1. The Morgan fingerprint density at radius 2 is 1.74 bits per heavy atom. The number of amides is 4. The zero-order valence-electron chi connectivity index (χ0n) is 30.0. The molecule has 0 spiro atoms. The highest BCUT2D eigenvalue weighted by Gasteiger charge is 2.68. The van der Waals surface area contributed by atoms with E-state index in [0.29, 0.717) is 22.0 Å². The molecule has 6 atom stereocenters. The van der Waals surface area contributed by atoms with Crippen LogP contribution in [-0.4, -0.2) is 38.5 Å². The fourth-order valence-corrected chi connectivity index (χ4v) is 11.0. The number of carbonyl (C=O) groups excluding carboxylic acids is 4. The summed E-state index contributed by atoms with van der Waals surface area (Å²) in [7, 11) is 1.68. The molecule has 4 amide bonds. The first-order valence-electron chi connectivity index (χ1n) is 18.1. The molecular formula is C42H36ClFN4O5S. The molecule has 9 nitrogen and oxygen atoms in total. The monoisotopic (exact) mass is 762 g/mol. The van der Waals surface area contributed by atoms with Crippen molar-refractivity contribution in [3.8, 4) is 16.3 Å². The second-order valence-corrected chi connectivity index (χ2v) is 16.6. The highest BCUT2D eigenvalue weighted by atomic mass is 35.5. The summed E-state index contributed by atoms with van der Waals surface area (Å²) in [4.78, 5) is 61.5. The number of hydrogen-bond donors (Lipinski definition) is 1. The lowest BCUT2D eigenvalue weighted by molar-refractivity contribution is -0.131. The van der Waals surface area contributed by atoms with Gasteiger partial charge in [-0.15, -0.1) is 11.3 Å². The van der Waals surface area contributed by atoms with Crippen LogP contribution >= 0.6 is 22.9 Å². The molecule has 3 fully saturated rings. The quantitative estimate of drug-likeness (QED) is 0.143. The molecule has 4 heterocycles. The molecule has 0 bridgehead atoms. The van der Waals surface area contributed by atoms with Crippen molar-refractivity contribution in [3.63, 3.8) is 0 Å². The highest BCUT2D eigenvalue weighted by Crippen LogP contribution is 2.64. The minimum absolute atomic E-state index is 0.125. The minimum atomic E-state index is -1.46. The van der Waals surface area contributed by atoms with Crippen molar-refractivity contribution in [2.24, 2.45) is 36.1 Å². The van der Waals surface area contributed by atoms with Crippen LogP contribution in [0.1, 0.15) is 49.3 Å². The third-order valence-corrected chi connectivity index (χ3v) is 14.0. The van der Waals surface area contributed by atoms with Gasteiger partial charge in [-0.3, -0.25) is 28.8 Å². The highest BCUT2D eigenvalue weighted by molar-refractivity contribution is 7.22. The Morgan fingerprint density at radius 3 is 2.48 bits per heavy atom. The molecule has 3 aromatic carbocycles. The molecule has 1 N–H and O–H groups in total. The number of allylic oxidation sites excluding steroid dienone is 2. The number of imide groups is 2. The van der Waals surface area contributed by atoms with Gasteiger partial charge in [0, 0.05) is 34.3 Å². The first-order valence-corrected chi connectivity index (χ1v) is 19.3. The van der Waals surface area contributed by atoms with Crippen LogP contribution in [0.2, 0.25) is 5.02 Å². The van der Waals surface area contributed by atoms with E-state index in [2.05, 4.69) is 0 Å². The number of carbonyl (C=O) groups is 4. The lowest BCUT2D eigenvalue weighted by Crippen LogP contribution is -2.49. The van der Waals surface area contributed by atoms with Crippen molar-refractivity contribution >= 4 is 68.2 Å². The first-order chi connectivity index (χ1) is 25.8. The number of thiophene rings is 1. The first kappa shape index (κ1) is 34.6. The summed E-state index contributed by atoms with van der Waals surface area (Å²) in [5, 5.41) is 17.6. The van der Waals surface area contributed by atoms with Gasteiger partial charge in [0.1, 0.15) is 11.5 Å². The zero-order valence-corrected chi connectivity index (χ0v) is 31.5. The van der Waals surface area contributed by atoms with E-state index in [4.69, 9.17) is 16.7 Å². The van der Waals surface area contributed by atoms with E-state index >= 15 is 9.18 Å². The van der Waals surface area contributed by atoms with Crippen molar-refractivity contribution in [3.05, 3.63) is 106 Å². The van der Waals surface area contributed by atoms with Gasteiger partial charge in [-0.25, -0.2) is 9.29 Å². The van der Waals surface area contributed by atoms with Crippen molar-refractivity contribution in [2.45, 2.75) is 46.0 Å². The predicted molar refractivity (Wildman–Crippen MR) is 205 cm³/mol. The van der Waals surface area contributed by atoms with Crippen LogP contribution < -0.4 is 9.80 Å². The van der Waals surface area contributed by atoms with Gasteiger partial charge in [-0.1, -0.05) is 54.4 Å². The number of phenols is 1. The van der Waals surface area contributed by atoms with Gasteiger partial charge in [0.05, 0.1) is 33.7 Å². The maximum absolute atomic E-state index is 15.2. The summed E-state index contributed by atoms with van der Waals surface area (Å²) in [6.45, 7) is 5.71. The lowest BCUT2D eigenvalue weighted by Gasteiger charge is -2.49. The number of rotatable bonds is 5. The lowest BCUT2D eigenvalue weighted by atomic mass is 9.51. The average Bonchev–Trinajstić information content (AvgIpc) is 3.83. The molecule has 1 saturated carbocycles. The number of halogens is 2. The Morgan fingerprint density at radius 1 is 0.981 bits per heavy atom. The minimum Gasteiger partial charge on any atom is -0.505 e. The van der Waals surface area contributed by atoms with Crippen LogP contribution in [0.15, 0.2) is 78.4 Å². The number of aryl methyl sites for hydroxylation is 3. The average molecular weight is 763 g/mol. The molecule has 12 heteroatoms. The number of para-hydroxylation sites is 1. The molecule has 4 aliphatic rings. The SMILES string of the molecule is CCc1ccc(N2C(=O)[C@H]3[C@H](CC=C4[C@H]3C[C@H]3C(=O)N(c5cc(-c6sc7ccc(Cl)cc7c6C)nn5C)C(=O)[C@@]3(C)[C@H]4c3cccc(F)c3O)C2=O)cc1. The van der Waals surface area contributed by atoms with Crippen LogP contribution in [0.3, 0.4) is 0 Å². The van der Waals surface area contributed by atoms with Crippen LogP contribution in [0.4, 0.5) is 15.9 Å². The van der Waals surface area contributed by atoms with E-state index in [0.717, 1.165) is 38.6 Å². The third kappa shape index (κ3) is 4.70. The van der Waals surface area contributed by atoms with Crippen molar-refractivity contribution in [2.75, 3.05) is 9.80 Å². The molecular weight excluding hydrogens is 727 g/mol. The normalized spacial score (nSPS) is 26.4. The topological polar surface area (TPSA) is 113 Å². The predicted octanol–water partition coefficient (Wildman–Crippen LogP) is 8.11. The fraction of sp³-hybridized carbons (Fsp3) is 0.310. The summed E-state index contributed by atoms with van der Waals surface area (Å²) in [5.41, 5.74) is 2.47. The summed E-state index contributed by atoms with van der Waals surface area (Å²) >= 11 is 7.84. The van der Waals surface area contributed by atoms with Crippen molar-refractivity contribution in [1.29, 1.82) is 0 Å².